The lowest BCUT2D eigenvalue weighted by Crippen LogP contribution is -2.56. The maximum atomic E-state index is 11.1. The molecule has 1 aromatic rings. The maximum absolute atomic E-state index is 11.1. The molecule has 106 valence electrons. The van der Waals surface area contributed by atoms with E-state index in [1.165, 1.54) is 36.2 Å². The molecule has 2 rings (SSSR count). The van der Waals surface area contributed by atoms with Crippen LogP contribution in [0.4, 0.5) is 0 Å². The Bertz CT molecular complexity index is 453. The minimum Gasteiger partial charge on any atom is -0.394 e. The number of pyridine rings is 1. The molecule has 1 aliphatic rings. The summed E-state index contributed by atoms with van der Waals surface area (Å²) in [6.07, 6.45) is -1.19. The molecular formula is C12H17NO6. The Balaban J connectivity index is 2.31. The van der Waals surface area contributed by atoms with E-state index in [0.717, 1.165) is 0 Å². The average Bonchev–Trinajstić information content (AvgIpc) is 2.43. The standard InChI is InChI=1S/C12H17NO6/c1-18-12-9(13-4-2-7(15)3-5-13)11(17)10(16)8(6-14)19-12/h2-5,8-12,14,16-17H,6H2,1H3/t8-,9+,10+,11-,12-/m1/s1. The fourth-order valence-corrected chi connectivity index (χ4v) is 2.20. The normalized spacial score (nSPS) is 35.3. The van der Waals surface area contributed by atoms with Gasteiger partial charge in [0.05, 0.1) is 6.61 Å². The maximum Gasteiger partial charge on any atom is 0.181 e. The molecule has 7 nitrogen and oxygen atoms in total. The summed E-state index contributed by atoms with van der Waals surface area (Å²) in [7, 11) is 1.40. The van der Waals surface area contributed by atoms with E-state index in [1.54, 1.807) is 0 Å². The highest BCUT2D eigenvalue weighted by molar-refractivity contribution is 5.00. The van der Waals surface area contributed by atoms with Crippen molar-refractivity contribution in [2.45, 2.75) is 30.6 Å². The molecule has 0 spiro atoms. The van der Waals surface area contributed by atoms with Crippen LogP contribution in [0, 0.1) is 0 Å². The van der Waals surface area contributed by atoms with Gasteiger partial charge in [-0.15, -0.1) is 0 Å². The van der Waals surface area contributed by atoms with E-state index in [2.05, 4.69) is 0 Å². The van der Waals surface area contributed by atoms with Crippen LogP contribution in [0.2, 0.25) is 0 Å². The van der Waals surface area contributed by atoms with Crippen LogP contribution in [0.1, 0.15) is 6.04 Å². The van der Waals surface area contributed by atoms with E-state index in [4.69, 9.17) is 14.6 Å². The Kier molecular flexibility index (Phi) is 4.33. The van der Waals surface area contributed by atoms with Crippen molar-refractivity contribution < 1.29 is 24.8 Å². The highest BCUT2D eigenvalue weighted by Crippen LogP contribution is 2.30. The Morgan fingerprint density at radius 1 is 1.32 bits per heavy atom. The minimum absolute atomic E-state index is 0.162. The van der Waals surface area contributed by atoms with E-state index < -0.39 is 37.3 Å². The molecule has 0 aliphatic carbocycles. The van der Waals surface area contributed by atoms with Gasteiger partial charge in [0.1, 0.15) is 24.4 Å². The first kappa shape index (κ1) is 14.2. The number of aliphatic hydroxyl groups excluding tert-OH is 3. The van der Waals surface area contributed by atoms with Crippen LogP contribution in [0.15, 0.2) is 29.3 Å². The van der Waals surface area contributed by atoms with Crippen molar-refractivity contribution in [3.63, 3.8) is 0 Å². The molecule has 0 bridgehead atoms. The molecule has 1 fully saturated rings. The van der Waals surface area contributed by atoms with Crippen LogP contribution in [0.25, 0.3) is 0 Å². The topological polar surface area (TPSA) is 101 Å². The number of nitrogens with zero attached hydrogens (tertiary/aromatic N) is 1. The van der Waals surface area contributed by atoms with Gasteiger partial charge in [0.2, 0.25) is 0 Å². The first-order valence-electron chi connectivity index (χ1n) is 5.91. The summed E-state index contributed by atoms with van der Waals surface area (Å²) in [6, 6.07) is 1.97. The second-order valence-electron chi connectivity index (χ2n) is 4.41. The summed E-state index contributed by atoms with van der Waals surface area (Å²) in [5.74, 6) is 0. The van der Waals surface area contributed by atoms with Crippen LogP contribution in [0.3, 0.4) is 0 Å². The summed E-state index contributed by atoms with van der Waals surface area (Å²) in [5.41, 5.74) is -0.162. The van der Waals surface area contributed by atoms with Crippen molar-refractivity contribution in [1.82, 2.24) is 4.57 Å². The molecule has 19 heavy (non-hydrogen) atoms. The van der Waals surface area contributed by atoms with Crippen LogP contribution >= 0.6 is 0 Å². The van der Waals surface area contributed by atoms with Crippen LogP contribution in [-0.4, -0.2) is 58.2 Å². The zero-order valence-corrected chi connectivity index (χ0v) is 10.4. The van der Waals surface area contributed by atoms with Gasteiger partial charge < -0.3 is 29.4 Å². The number of aliphatic hydroxyl groups is 3. The smallest absolute Gasteiger partial charge is 0.181 e. The van der Waals surface area contributed by atoms with Crippen molar-refractivity contribution in [2.24, 2.45) is 0 Å². The third-order valence-electron chi connectivity index (χ3n) is 3.25. The number of aromatic nitrogens is 1. The van der Waals surface area contributed by atoms with Gasteiger partial charge >= 0.3 is 0 Å². The SMILES string of the molecule is CO[C@@H]1O[C@H](CO)[C@H](O)[C@H](O)[C@@H]1n1ccc(=O)cc1. The quantitative estimate of drug-likeness (QED) is 0.617. The lowest BCUT2D eigenvalue weighted by molar-refractivity contribution is -0.272. The van der Waals surface area contributed by atoms with Crippen molar-refractivity contribution in [2.75, 3.05) is 13.7 Å². The van der Waals surface area contributed by atoms with Gasteiger partial charge in [-0.25, -0.2) is 0 Å². The zero-order valence-electron chi connectivity index (χ0n) is 10.4. The fourth-order valence-electron chi connectivity index (χ4n) is 2.20. The Hall–Kier alpha value is -1.25. The predicted octanol–water partition coefficient (Wildman–Crippen LogP) is -1.53. The van der Waals surface area contributed by atoms with Gasteiger partial charge in [0.15, 0.2) is 11.7 Å². The second-order valence-corrected chi connectivity index (χ2v) is 4.41. The molecule has 1 saturated heterocycles. The highest BCUT2D eigenvalue weighted by atomic mass is 16.7. The number of hydrogen-bond acceptors (Lipinski definition) is 6. The summed E-state index contributed by atoms with van der Waals surface area (Å²) < 4.78 is 12.1. The van der Waals surface area contributed by atoms with Gasteiger partial charge in [0, 0.05) is 31.6 Å². The van der Waals surface area contributed by atoms with E-state index in [1.807, 2.05) is 0 Å². The molecule has 0 aromatic carbocycles. The Morgan fingerprint density at radius 3 is 2.47 bits per heavy atom. The molecule has 0 radical (unpaired) electrons. The highest BCUT2D eigenvalue weighted by Gasteiger charge is 2.45. The average molecular weight is 271 g/mol. The first-order valence-corrected chi connectivity index (χ1v) is 5.91. The predicted molar refractivity (Wildman–Crippen MR) is 64.5 cm³/mol. The number of ether oxygens (including phenoxy) is 2. The summed E-state index contributed by atoms with van der Waals surface area (Å²) >= 11 is 0. The minimum atomic E-state index is -1.24. The third kappa shape index (κ3) is 2.70. The second kappa shape index (κ2) is 5.81. The largest absolute Gasteiger partial charge is 0.394 e. The monoisotopic (exact) mass is 271 g/mol. The molecule has 0 amide bonds. The van der Waals surface area contributed by atoms with Crippen LogP contribution < -0.4 is 5.43 Å². The van der Waals surface area contributed by atoms with Crippen molar-refractivity contribution in [1.29, 1.82) is 0 Å². The number of hydrogen-bond donors (Lipinski definition) is 3. The van der Waals surface area contributed by atoms with Gasteiger partial charge in [-0.1, -0.05) is 0 Å². The lowest BCUT2D eigenvalue weighted by Gasteiger charge is -2.42. The van der Waals surface area contributed by atoms with Crippen LogP contribution in [0.5, 0.6) is 0 Å². The van der Waals surface area contributed by atoms with E-state index in [9.17, 15) is 15.0 Å². The van der Waals surface area contributed by atoms with Crippen molar-refractivity contribution in [3.05, 3.63) is 34.7 Å². The summed E-state index contributed by atoms with van der Waals surface area (Å²) in [5, 5.41) is 29.1. The van der Waals surface area contributed by atoms with E-state index >= 15 is 0 Å². The van der Waals surface area contributed by atoms with E-state index in [0.29, 0.717) is 0 Å². The molecule has 2 heterocycles. The molecule has 5 atom stereocenters. The van der Waals surface area contributed by atoms with Gasteiger partial charge in [-0.3, -0.25) is 4.79 Å². The molecule has 7 heteroatoms. The van der Waals surface area contributed by atoms with Crippen LogP contribution in [-0.2, 0) is 9.47 Å². The molecular weight excluding hydrogens is 254 g/mol. The van der Waals surface area contributed by atoms with Gasteiger partial charge in [0.25, 0.3) is 0 Å². The third-order valence-corrected chi connectivity index (χ3v) is 3.25. The Labute approximate surface area is 109 Å². The first-order chi connectivity index (χ1) is 9.08. The lowest BCUT2D eigenvalue weighted by atomic mass is 9.96. The van der Waals surface area contributed by atoms with E-state index in [-0.39, 0.29) is 5.43 Å². The van der Waals surface area contributed by atoms with Gasteiger partial charge in [-0.2, -0.15) is 0 Å². The number of rotatable bonds is 3. The summed E-state index contributed by atoms with van der Waals surface area (Å²) in [6.45, 7) is -0.422. The molecule has 1 aliphatic heterocycles. The molecule has 1 aromatic heterocycles. The Morgan fingerprint density at radius 2 is 1.95 bits per heavy atom. The van der Waals surface area contributed by atoms with Crippen molar-refractivity contribution >= 4 is 0 Å². The molecule has 3 N–H and O–H groups in total. The summed E-state index contributed by atoms with van der Waals surface area (Å²) in [4.78, 5) is 11.1. The molecule has 0 unspecified atom stereocenters. The number of methoxy groups -OCH3 is 1. The zero-order chi connectivity index (χ0) is 14.0. The van der Waals surface area contributed by atoms with Gasteiger partial charge in [-0.05, 0) is 0 Å². The fraction of sp³-hybridized carbons (Fsp3) is 0.583. The van der Waals surface area contributed by atoms with Crippen molar-refractivity contribution in [3.8, 4) is 0 Å². The molecule has 0 saturated carbocycles.